The van der Waals surface area contributed by atoms with E-state index in [1.165, 1.54) is 115 Å². The number of ether oxygens (including phenoxy) is 1. The number of rotatable bonds is 16. The molecule has 5 aliphatic carbocycles. The fraction of sp³-hybridized carbons (Fsp3) is 0.935. The number of esters is 1. The van der Waals surface area contributed by atoms with Crippen LogP contribution in [0.3, 0.4) is 0 Å². The highest BCUT2D eigenvalue weighted by atomic mass is 16.5. The van der Waals surface area contributed by atoms with Crippen LogP contribution in [-0.2, 0) is 9.53 Å². The van der Waals surface area contributed by atoms with Gasteiger partial charge in [0.05, 0.1) is 12.5 Å². The van der Waals surface area contributed by atoms with Gasteiger partial charge in [-0.05, 0) is 129 Å². The lowest BCUT2D eigenvalue weighted by atomic mass is 9.32. The highest BCUT2D eigenvalue weighted by molar-refractivity contribution is 5.70. The highest BCUT2D eigenvalue weighted by Gasteiger charge is 2.70. The molecule has 0 radical (unpaired) electrons. The van der Waals surface area contributed by atoms with E-state index in [0.717, 1.165) is 43.4 Å². The first-order valence-electron chi connectivity index (χ1n) is 21.7. The van der Waals surface area contributed by atoms with E-state index in [1.807, 2.05) is 0 Å². The Morgan fingerprint density at radius 2 is 1.37 bits per heavy atom. The smallest absolute Gasteiger partial charge is 0.308 e. The Morgan fingerprint density at radius 3 is 2.00 bits per heavy atom. The van der Waals surface area contributed by atoms with Crippen molar-refractivity contribution in [2.45, 2.75) is 215 Å². The molecular weight excluding hydrogens is 601 g/mol. The molecule has 5 aliphatic rings. The minimum absolute atomic E-state index is 0.0475. The van der Waals surface area contributed by atoms with Gasteiger partial charge in [-0.2, -0.15) is 0 Å². The van der Waals surface area contributed by atoms with Gasteiger partial charge in [-0.1, -0.05) is 131 Å². The molecule has 11 unspecified atom stereocenters. The van der Waals surface area contributed by atoms with Crippen LogP contribution in [0.5, 0.6) is 0 Å². The molecule has 5 rings (SSSR count). The van der Waals surface area contributed by atoms with E-state index in [-0.39, 0.29) is 29.3 Å². The standard InChI is InChI=1S/C46H80O3/c1-10-11-12-13-14-15-16-17-18-19-20-21-34(47)32-40(48)49-39-26-28-44(7)37(42(39,4)5)25-29-46(9)38(44)23-22-36-41-35(33(2)3)24-27-43(41,6)30-31-45(36,46)8/h34-39,41,47H,2,10-32H2,1,3-9H3. The van der Waals surface area contributed by atoms with Gasteiger partial charge in [0.1, 0.15) is 6.10 Å². The van der Waals surface area contributed by atoms with Gasteiger partial charge in [0.2, 0.25) is 0 Å². The van der Waals surface area contributed by atoms with Crippen LogP contribution >= 0.6 is 0 Å². The summed E-state index contributed by atoms with van der Waals surface area (Å²) in [5, 5.41) is 10.7. The van der Waals surface area contributed by atoms with E-state index in [9.17, 15) is 9.90 Å². The Labute approximate surface area is 304 Å². The Morgan fingerprint density at radius 1 is 0.735 bits per heavy atom. The van der Waals surface area contributed by atoms with Crippen LogP contribution < -0.4 is 0 Å². The van der Waals surface area contributed by atoms with E-state index in [2.05, 4.69) is 62.0 Å². The first-order chi connectivity index (χ1) is 23.1. The predicted octanol–water partition coefficient (Wildman–Crippen LogP) is 13.0. The number of carbonyl (C=O) groups is 1. The zero-order valence-corrected chi connectivity index (χ0v) is 33.8. The fourth-order valence-electron chi connectivity index (χ4n) is 14.2. The maximum atomic E-state index is 13.2. The van der Waals surface area contributed by atoms with Crippen LogP contribution in [0.15, 0.2) is 12.2 Å². The monoisotopic (exact) mass is 681 g/mol. The van der Waals surface area contributed by atoms with Gasteiger partial charge < -0.3 is 9.84 Å². The van der Waals surface area contributed by atoms with Crippen molar-refractivity contribution in [2.24, 2.45) is 56.7 Å². The predicted molar refractivity (Wildman–Crippen MR) is 206 cm³/mol. The third kappa shape index (κ3) is 7.51. The van der Waals surface area contributed by atoms with Crippen LogP contribution in [0.2, 0.25) is 0 Å². The molecule has 3 nitrogen and oxygen atoms in total. The molecule has 3 heteroatoms. The Balaban J connectivity index is 1.13. The third-order valence-corrected chi connectivity index (χ3v) is 17.2. The Bertz CT molecular complexity index is 1130. The molecule has 0 aromatic heterocycles. The van der Waals surface area contributed by atoms with E-state index < -0.39 is 6.10 Å². The minimum atomic E-state index is -0.573. The van der Waals surface area contributed by atoms with Crippen molar-refractivity contribution < 1.29 is 14.6 Å². The van der Waals surface area contributed by atoms with E-state index >= 15 is 0 Å². The lowest BCUT2D eigenvalue weighted by Gasteiger charge is -2.73. The first kappa shape index (κ1) is 39.4. The van der Waals surface area contributed by atoms with Gasteiger partial charge in [-0.3, -0.25) is 4.79 Å². The second-order valence-corrected chi connectivity index (χ2v) is 20.4. The topological polar surface area (TPSA) is 46.5 Å². The van der Waals surface area contributed by atoms with Crippen molar-refractivity contribution in [1.29, 1.82) is 0 Å². The van der Waals surface area contributed by atoms with Gasteiger partial charge >= 0.3 is 5.97 Å². The van der Waals surface area contributed by atoms with Gasteiger partial charge in [0.15, 0.2) is 0 Å². The third-order valence-electron chi connectivity index (χ3n) is 17.2. The molecule has 0 spiro atoms. The quantitative estimate of drug-likeness (QED) is 0.100. The summed E-state index contributed by atoms with van der Waals surface area (Å²) in [6.07, 6.45) is 27.5. The zero-order chi connectivity index (χ0) is 35.7. The molecule has 5 fully saturated rings. The van der Waals surface area contributed by atoms with Crippen molar-refractivity contribution in [3.63, 3.8) is 0 Å². The number of carbonyl (C=O) groups excluding carboxylic acids is 1. The molecule has 0 saturated heterocycles. The van der Waals surface area contributed by atoms with Crippen molar-refractivity contribution in [1.82, 2.24) is 0 Å². The molecule has 1 N–H and O–H groups in total. The Kier molecular flexibility index (Phi) is 12.6. The molecule has 11 atom stereocenters. The molecule has 0 aromatic carbocycles. The van der Waals surface area contributed by atoms with Crippen LogP contribution in [0.4, 0.5) is 0 Å². The molecule has 0 heterocycles. The maximum absolute atomic E-state index is 13.2. The largest absolute Gasteiger partial charge is 0.462 e. The van der Waals surface area contributed by atoms with Gasteiger partial charge in [-0.15, -0.1) is 0 Å². The Hall–Kier alpha value is -0.830. The number of aliphatic hydroxyl groups excluding tert-OH is 1. The molecule has 5 saturated carbocycles. The van der Waals surface area contributed by atoms with Gasteiger partial charge in [0.25, 0.3) is 0 Å². The molecule has 0 bridgehead atoms. The lowest BCUT2D eigenvalue weighted by Crippen LogP contribution is -2.66. The SMILES string of the molecule is C=C(C)C1CCC2(C)CCC3(C)C(CCC4C5(C)CCC(OC(=O)CC(O)CCCCCCCCCCCCC)C(C)(C)C5CCC43C)C12. The molecule has 49 heavy (non-hydrogen) atoms. The number of hydrogen-bond donors (Lipinski definition) is 1. The van der Waals surface area contributed by atoms with Crippen molar-refractivity contribution >= 4 is 5.97 Å². The van der Waals surface area contributed by atoms with E-state index in [1.54, 1.807) is 0 Å². The minimum Gasteiger partial charge on any atom is -0.462 e. The lowest BCUT2D eigenvalue weighted by molar-refractivity contribution is -0.249. The molecule has 0 aromatic rings. The van der Waals surface area contributed by atoms with Crippen LogP contribution in [0.25, 0.3) is 0 Å². The van der Waals surface area contributed by atoms with Crippen LogP contribution in [0, 0.1) is 56.7 Å². The summed E-state index contributed by atoms with van der Waals surface area (Å²) >= 11 is 0. The van der Waals surface area contributed by atoms with Crippen molar-refractivity contribution in [3.05, 3.63) is 12.2 Å². The summed E-state index contributed by atoms with van der Waals surface area (Å²) in [5.41, 5.74) is 2.93. The maximum Gasteiger partial charge on any atom is 0.308 e. The summed E-state index contributed by atoms with van der Waals surface area (Å²) in [5.74, 6) is 3.46. The molecule has 282 valence electrons. The van der Waals surface area contributed by atoms with Gasteiger partial charge in [0, 0.05) is 5.41 Å². The van der Waals surface area contributed by atoms with Crippen LogP contribution in [0.1, 0.15) is 203 Å². The van der Waals surface area contributed by atoms with E-state index in [4.69, 9.17) is 4.74 Å². The summed E-state index contributed by atoms with van der Waals surface area (Å²) in [4.78, 5) is 13.2. The molecule has 0 aliphatic heterocycles. The first-order valence-corrected chi connectivity index (χ1v) is 21.7. The number of unbranched alkanes of at least 4 members (excludes halogenated alkanes) is 10. The summed E-state index contributed by atoms with van der Waals surface area (Å²) in [7, 11) is 0. The number of aliphatic hydroxyl groups is 1. The summed E-state index contributed by atoms with van der Waals surface area (Å²) in [6, 6.07) is 0. The zero-order valence-electron chi connectivity index (χ0n) is 33.8. The average Bonchev–Trinajstić information content (AvgIpc) is 3.39. The number of hydrogen-bond acceptors (Lipinski definition) is 3. The fourth-order valence-corrected chi connectivity index (χ4v) is 14.2. The van der Waals surface area contributed by atoms with Crippen LogP contribution in [-0.4, -0.2) is 23.3 Å². The summed E-state index contributed by atoms with van der Waals surface area (Å²) < 4.78 is 6.33. The average molecular weight is 681 g/mol. The van der Waals surface area contributed by atoms with Crippen molar-refractivity contribution in [3.8, 4) is 0 Å². The molecule has 0 amide bonds. The van der Waals surface area contributed by atoms with Crippen molar-refractivity contribution in [2.75, 3.05) is 0 Å². The molecular formula is C46H80O3. The van der Waals surface area contributed by atoms with E-state index in [0.29, 0.717) is 34.5 Å². The number of allylic oxidation sites excluding steroid dienone is 1. The number of fused-ring (bicyclic) bond motifs is 7. The second kappa shape index (κ2) is 15.6. The highest BCUT2D eigenvalue weighted by Crippen LogP contribution is 2.77. The normalized spacial score (nSPS) is 41.6. The summed E-state index contributed by atoms with van der Waals surface area (Å²) in [6.45, 7) is 24.7. The second-order valence-electron chi connectivity index (χ2n) is 20.4. The van der Waals surface area contributed by atoms with Gasteiger partial charge in [-0.25, -0.2) is 0 Å².